The maximum atomic E-state index is 5.67. The quantitative estimate of drug-likeness (QED) is 0.809. The van der Waals surface area contributed by atoms with Crippen LogP contribution in [-0.4, -0.2) is 29.5 Å². The van der Waals surface area contributed by atoms with Crippen LogP contribution in [-0.2, 0) is 17.8 Å². The largest absolute Gasteiger partial charge is 0.376 e. The highest BCUT2D eigenvalue weighted by Crippen LogP contribution is 2.14. The highest BCUT2D eigenvalue weighted by molar-refractivity contribution is 5.03. The van der Waals surface area contributed by atoms with Gasteiger partial charge in [0.1, 0.15) is 0 Å². The van der Waals surface area contributed by atoms with Crippen molar-refractivity contribution in [1.29, 1.82) is 0 Å². The highest BCUT2D eigenvalue weighted by atomic mass is 16.5. The molecule has 84 valence electrons. The van der Waals surface area contributed by atoms with E-state index in [0.717, 1.165) is 19.7 Å². The third-order valence-corrected chi connectivity index (χ3v) is 2.73. The van der Waals surface area contributed by atoms with Gasteiger partial charge in [-0.2, -0.15) is 5.10 Å². The number of hydrogen-bond donors (Lipinski definition) is 1. The molecule has 1 atom stereocenters. The molecule has 0 spiro atoms. The summed E-state index contributed by atoms with van der Waals surface area (Å²) in [6.07, 6.45) is 8.03. The molecule has 0 unspecified atom stereocenters. The van der Waals surface area contributed by atoms with Crippen molar-refractivity contribution in [2.24, 2.45) is 0 Å². The minimum atomic E-state index is 0.362. The first-order valence-corrected chi connectivity index (χ1v) is 5.66. The van der Waals surface area contributed by atoms with Gasteiger partial charge in [-0.25, -0.2) is 0 Å². The molecule has 0 saturated carbocycles. The molecule has 0 radical (unpaired) electrons. The number of hydrogen-bond acceptors (Lipinski definition) is 3. The molecule has 15 heavy (non-hydrogen) atoms. The van der Waals surface area contributed by atoms with Crippen molar-refractivity contribution >= 4 is 0 Å². The van der Waals surface area contributed by atoms with E-state index in [2.05, 4.69) is 16.6 Å². The zero-order chi connectivity index (χ0) is 10.5. The molecule has 1 saturated heterocycles. The monoisotopic (exact) mass is 209 g/mol. The lowest BCUT2D eigenvalue weighted by atomic mass is 10.1. The van der Waals surface area contributed by atoms with Crippen molar-refractivity contribution in [3.63, 3.8) is 0 Å². The van der Waals surface area contributed by atoms with Crippen LogP contribution in [0.25, 0.3) is 0 Å². The van der Waals surface area contributed by atoms with Gasteiger partial charge in [0, 0.05) is 24.9 Å². The lowest BCUT2D eigenvalue weighted by molar-refractivity contribution is 0.00398. The molecule has 0 bridgehead atoms. The van der Waals surface area contributed by atoms with Gasteiger partial charge in [0.25, 0.3) is 0 Å². The Kier molecular flexibility index (Phi) is 3.75. The Morgan fingerprint density at radius 1 is 1.60 bits per heavy atom. The summed E-state index contributed by atoms with van der Waals surface area (Å²) >= 11 is 0. The van der Waals surface area contributed by atoms with E-state index < -0.39 is 0 Å². The Bertz CT molecular complexity index is 292. The van der Waals surface area contributed by atoms with Crippen LogP contribution >= 0.6 is 0 Å². The summed E-state index contributed by atoms with van der Waals surface area (Å²) in [4.78, 5) is 0. The van der Waals surface area contributed by atoms with Crippen molar-refractivity contribution in [1.82, 2.24) is 15.1 Å². The summed E-state index contributed by atoms with van der Waals surface area (Å²) in [6, 6.07) is 0. The van der Waals surface area contributed by atoms with Gasteiger partial charge in [0.2, 0.25) is 0 Å². The fourth-order valence-electron chi connectivity index (χ4n) is 1.96. The lowest BCUT2D eigenvalue weighted by Crippen LogP contribution is -2.24. The van der Waals surface area contributed by atoms with Gasteiger partial charge in [0.15, 0.2) is 0 Å². The number of ether oxygens (including phenoxy) is 1. The van der Waals surface area contributed by atoms with E-state index in [1.165, 1.54) is 24.8 Å². The van der Waals surface area contributed by atoms with Gasteiger partial charge in [-0.05, 0) is 26.3 Å². The molecule has 2 rings (SSSR count). The molecule has 1 aromatic rings. The van der Waals surface area contributed by atoms with E-state index in [4.69, 9.17) is 4.74 Å². The first kappa shape index (κ1) is 10.6. The van der Waals surface area contributed by atoms with Crippen LogP contribution in [0, 0.1) is 0 Å². The summed E-state index contributed by atoms with van der Waals surface area (Å²) in [5.41, 5.74) is 1.23. The molecule has 1 aromatic heterocycles. The molecule has 1 aliphatic rings. The zero-order valence-electron chi connectivity index (χ0n) is 9.28. The normalized spacial score (nSPS) is 21.8. The molecule has 4 heteroatoms. The maximum Gasteiger partial charge on any atom is 0.0770 e. The van der Waals surface area contributed by atoms with E-state index in [0.29, 0.717) is 6.10 Å². The Labute approximate surface area is 90.6 Å². The van der Waals surface area contributed by atoms with Gasteiger partial charge in [-0.1, -0.05) is 0 Å². The van der Waals surface area contributed by atoms with Crippen LogP contribution in [0.5, 0.6) is 0 Å². The second kappa shape index (κ2) is 5.28. The van der Waals surface area contributed by atoms with Gasteiger partial charge >= 0.3 is 0 Å². The van der Waals surface area contributed by atoms with Crippen molar-refractivity contribution in [2.45, 2.75) is 38.5 Å². The Morgan fingerprint density at radius 2 is 2.53 bits per heavy atom. The third-order valence-electron chi connectivity index (χ3n) is 2.73. The average Bonchev–Trinajstić information content (AvgIpc) is 2.68. The number of nitrogens with zero attached hydrogens (tertiary/aromatic N) is 2. The molecular weight excluding hydrogens is 190 g/mol. The van der Waals surface area contributed by atoms with Gasteiger partial charge < -0.3 is 10.1 Å². The minimum Gasteiger partial charge on any atom is -0.376 e. The summed E-state index contributed by atoms with van der Waals surface area (Å²) in [5.74, 6) is 0. The predicted octanol–water partition coefficient (Wildman–Crippen LogP) is 1.17. The molecule has 1 fully saturated rings. The van der Waals surface area contributed by atoms with Crippen LogP contribution in [0.1, 0.15) is 24.8 Å². The van der Waals surface area contributed by atoms with Gasteiger partial charge in [-0.3, -0.25) is 4.68 Å². The molecule has 0 aliphatic carbocycles. The van der Waals surface area contributed by atoms with Crippen LogP contribution in [0.4, 0.5) is 0 Å². The van der Waals surface area contributed by atoms with E-state index in [1.54, 1.807) is 0 Å². The van der Waals surface area contributed by atoms with E-state index in [1.807, 2.05) is 17.9 Å². The van der Waals surface area contributed by atoms with Gasteiger partial charge in [-0.15, -0.1) is 0 Å². The predicted molar refractivity (Wildman–Crippen MR) is 58.6 cm³/mol. The number of nitrogens with one attached hydrogen (secondary N) is 1. The molecular formula is C11H19N3O. The average molecular weight is 209 g/mol. The first-order valence-electron chi connectivity index (χ1n) is 5.66. The minimum absolute atomic E-state index is 0.362. The van der Waals surface area contributed by atoms with Crippen LogP contribution in [0.2, 0.25) is 0 Å². The summed E-state index contributed by atoms with van der Waals surface area (Å²) in [7, 11) is 1.95. The van der Waals surface area contributed by atoms with Crippen LogP contribution in [0.15, 0.2) is 12.4 Å². The van der Waals surface area contributed by atoms with Crippen LogP contribution < -0.4 is 5.32 Å². The van der Waals surface area contributed by atoms with E-state index >= 15 is 0 Å². The maximum absolute atomic E-state index is 5.67. The number of aromatic nitrogens is 2. The fraction of sp³-hybridized carbons (Fsp3) is 0.727. The van der Waals surface area contributed by atoms with Crippen molar-refractivity contribution in [2.75, 3.05) is 13.7 Å². The van der Waals surface area contributed by atoms with Crippen LogP contribution in [0.3, 0.4) is 0 Å². The van der Waals surface area contributed by atoms with Crippen molar-refractivity contribution in [3.05, 3.63) is 18.0 Å². The Balaban J connectivity index is 1.86. The summed E-state index contributed by atoms with van der Waals surface area (Å²) in [5, 5.41) is 7.44. The van der Waals surface area contributed by atoms with Crippen molar-refractivity contribution in [3.8, 4) is 0 Å². The standard InChI is InChI=1S/C11H19N3O/c1-12-6-10-7-13-14(8-10)9-11-4-2-3-5-15-11/h7-8,11-12H,2-6,9H2,1H3/t11-/m0/s1. The van der Waals surface area contributed by atoms with E-state index in [-0.39, 0.29) is 0 Å². The van der Waals surface area contributed by atoms with Gasteiger partial charge in [0.05, 0.1) is 18.8 Å². The van der Waals surface area contributed by atoms with E-state index in [9.17, 15) is 0 Å². The molecule has 0 aromatic carbocycles. The second-order valence-electron chi connectivity index (χ2n) is 4.09. The summed E-state index contributed by atoms with van der Waals surface area (Å²) in [6.45, 7) is 2.69. The molecule has 1 N–H and O–H groups in total. The molecule has 2 heterocycles. The molecule has 1 aliphatic heterocycles. The van der Waals surface area contributed by atoms with Crippen molar-refractivity contribution < 1.29 is 4.74 Å². The summed E-state index contributed by atoms with van der Waals surface area (Å²) < 4.78 is 7.66. The smallest absolute Gasteiger partial charge is 0.0770 e. The zero-order valence-corrected chi connectivity index (χ0v) is 9.28. The second-order valence-corrected chi connectivity index (χ2v) is 4.09. The topological polar surface area (TPSA) is 39.1 Å². The Morgan fingerprint density at radius 3 is 3.27 bits per heavy atom. The lowest BCUT2D eigenvalue weighted by Gasteiger charge is -2.22. The third kappa shape index (κ3) is 3.04. The molecule has 4 nitrogen and oxygen atoms in total. The number of rotatable bonds is 4. The highest BCUT2D eigenvalue weighted by Gasteiger charge is 2.14. The first-order chi connectivity index (χ1) is 7.38. The molecule has 0 amide bonds. The Hall–Kier alpha value is -0.870. The fourth-order valence-corrected chi connectivity index (χ4v) is 1.96. The SMILES string of the molecule is CNCc1cnn(C[C@@H]2CCCCO2)c1.